The van der Waals surface area contributed by atoms with Gasteiger partial charge in [-0.25, -0.2) is 13.8 Å². The third kappa shape index (κ3) is 4.10. The zero-order valence-corrected chi connectivity index (χ0v) is 23.8. The van der Waals surface area contributed by atoms with Gasteiger partial charge in [-0.3, -0.25) is 9.00 Å². The van der Waals surface area contributed by atoms with Crippen LogP contribution in [-0.2, 0) is 19.7 Å². The summed E-state index contributed by atoms with van der Waals surface area (Å²) < 4.78 is 41.1. The number of amides is 1. The van der Waals surface area contributed by atoms with Gasteiger partial charge in [-0.05, 0) is 75.5 Å². The van der Waals surface area contributed by atoms with E-state index in [2.05, 4.69) is 29.9 Å². The van der Waals surface area contributed by atoms with E-state index in [1.54, 1.807) is 17.2 Å². The van der Waals surface area contributed by atoms with Crippen molar-refractivity contribution in [1.29, 1.82) is 0 Å². The number of carbonyl (C=O) groups excluding carboxylic acids is 1. The summed E-state index contributed by atoms with van der Waals surface area (Å²) in [5, 5.41) is 8.94. The van der Waals surface area contributed by atoms with Crippen molar-refractivity contribution >= 4 is 27.1 Å². The van der Waals surface area contributed by atoms with Crippen LogP contribution in [0.3, 0.4) is 0 Å². The Bertz CT molecular complexity index is 1610. The van der Waals surface area contributed by atoms with Gasteiger partial charge in [-0.1, -0.05) is 26.0 Å². The van der Waals surface area contributed by atoms with Crippen LogP contribution in [0, 0.1) is 17.0 Å². The van der Waals surface area contributed by atoms with E-state index >= 15 is 0 Å². The number of hydrogen-bond donors (Lipinski definition) is 0. The van der Waals surface area contributed by atoms with Crippen molar-refractivity contribution in [2.24, 2.45) is 5.41 Å². The molecule has 2 fully saturated rings. The second kappa shape index (κ2) is 9.33. The van der Waals surface area contributed by atoms with Crippen molar-refractivity contribution in [3.63, 3.8) is 0 Å². The molecule has 1 aromatic carbocycles. The van der Waals surface area contributed by atoms with Crippen LogP contribution >= 0.6 is 0 Å². The lowest BCUT2D eigenvalue weighted by molar-refractivity contribution is -0.130. The van der Waals surface area contributed by atoms with E-state index in [0.29, 0.717) is 25.4 Å². The molecule has 40 heavy (non-hydrogen) atoms. The fourth-order valence-corrected chi connectivity index (χ4v) is 7.64. The average molecular weight is 566 g/mol. The predicted octanol–water partition coefficient (Wildman–Crippen LogP) is 4.01. The zero-order valence-electron chi connectivity index (χ0n) is 23.0. The Hall–Kier alpha value is -3.40. The topological polar surface area (TPSA) is 79.3 Å². The minimum absolute atomic E-state index is 0.0217. The molecule has 1 aliphatic heterocycles. The lowest BCUT2D eigenvalue weighted by Crippen LogP contribution is -2.51. The monoisotopic (exact) mass is 565 g/mol. The molecule has 0 radical (unpaired) electrons. The third-order valence-corrected chi connectivity index (χ3v) is 10.3. The molecular weight excluding hydrogens is 532 g/mol. The van der Waals surface area contributed by atoms with Gasteiger partial charge in [-0.15, -0.1) is 5.10 Å². The summed E-state index contributed by atoms with van der Waals surface area (Å²) in [5.41, 5.74) is 1.93. The molecular formula is C30H33F2N5O2S. The van der Waals surface area contributed by atoms with E-state index in [9.17, 15) is 17.8 Å². The van der Waals surface area contributed by atoms with Gasteiger partial charge in [0.1, 0.15) is 17.5 Å². The van der Waals surface area contributed by atoms with Gasteiger partial charge in [0.15, 0.2) is 0 Å². The Labute approximate surface area is 233 Å². The number of halogens is 2. The molecule has 2 bridgehead atoms. The number of aromatic nitrogens is 3. The van der Waals surface area contributed by atoms with Crippen LogP contribution in [0.25, 0.3) is 11.3 Å². The maximum absolute atomic E-state index is 14.6. The number of rotatable bonds is 6. The molecule has 6 rings (SSSR count). The van der Waals surface area contributed by atoms with Crippen molar-refractivity contribution in [1.82, 2.24) is 20.1 Å². The number of carbonyl (C=O) groups is 1. The molecule has 1 amide bonds. The Morgan fingerprint density at radius 1 is 1.10 bits per heavy atom. The van der Waals surface area contributed by atoms with Crippen molar-refractivity contribution in [2.75, 3.05) is 43.1 Å². The molecule has 0 N–H and O–H groups in total. The molecule has 7 nitrogen and oxygen atoms in total. The maximum Gasteiger partial charge on any atom is 0.242 e. The number of benzene rings is 1. The quantitative estimate of drug-likeness (QED) is 0.421. The SMILES string of the molecule is C=S(C)(=O)CCN1CCN(c2cccc([C@@]34CC[C@@H](c5cc(-c6c(F)cccc6F)nnc53)C4(C)C)n2)CC1=O. The predicted molar refractivity (Wildman–Crippen MR) is 153 cm³/mol. The van der Waals surface area contributed by atoms with E-state index in [1.807, 2.05) is 23.1 Å². The first kappa shape index (κ1) is 26.8. The fraction of sp³-hybridized carbons (Fsp3) is 0.433. The molecule has 3 atom stereocenters. The lowest BCUT2D eigenvalue weighted by Gasteiger charge is -2.39. The van der Waals surface area contributed by atoms with E-state index in [4.69, 9.17) is 4.98 Å². The number of anilines is 1. The Morgan fingerprint density at radius 2 is 1.82 bits per heavy atom. The standard InChI is InChI=1S/C30H33F2N5O2S/c1-29(2)20-11-12-30(29,28-19(20)17-23(34-35-28)27-21(31)7-5-8-22(27)32)24-9-6-10-25(33-24)37-14-13-36(26(38)18-37)15-16-40(3,4)39/h5-10,17,20H,3,11-16,18H2,1-2,4H3/t20-,30-,40?/m0/s1. The molecule has 3 heterocycles. The van der Waals surface area contributed by atoms with Crippen molar-refractivity contribution in [3.8, 4) is 11.3 Å². The summed E-state index contributed by atoms with van der Waals surface area (Å²) in [6.45, 7) is 6.21. The number of fused-ring (bicyclic) bond motifs is 5. The lowest BCUT2D eigenvalue weighted by atomic mass is 9.66. The highest BCUT2D eigenvalue weighted by Gasteiger charge is 2.65. The van der Waals surface area contributed by atoms with Gasteiger partial charge in [-0.2, -0.15) is 5.10 Å². The van der Waals surface area contributed by atoms with Gasteiger partial charge >= 0.3 is 0 Å². The second-order valence-corrected chi connectivity index (χ2v) is 14.7. The molecule has 0 spiro atoms. The number of nitrogens with zero attached hydrogens (tertiary/aromatic N) is 5. The van der Waals surface area contributed by atoms with Crippen LogP contribution in [0.4, 0.5) is 14.6 Å². The van der Waals surface area contributed by atoms with Gasteiger partial charge < -0.3 is 9.80 Å². The molecule has 2 aromatic heterocycles. The normalized spacial score (nSPS) is 24.7. The van der Waals surface area contributed by atoms with Crippen molar-refractivity contribution in [2.45, 2.75) is 38.0 Å². The molecule has 1 unspecified atom stereocenters. The summed E-state index contributed by atoms with van der Waals surface area (Å²) in [6, 6.07) is 11.5. The molecule has 210 valence electrons. The molecule has 3 aliphatic rings. The number of pyridine rings is 1. The van der Waals surface area contributed by atoms with E-state index in [1.165, 1.54) is 18.2 Å². The van der Waals surface area contributed by atoms with E-state index in [0.717, 1.165) is 35.6 Å². The smallest absolute Gasteiger partial charge is 0.242 e. The Kier molecular flexibility index (Phi) is 6.25. The van der Waals surface area contributed by atoms with Crippen molar-refractivity contribution in [3.05, 3.63) is 71.1 Å². The van der Waals surface area contributed by atoms with E-state index < -0.39 is 26.6 Å². The van der Waals surface area contributed by atoms with Crippen LogP contribution in [0.2, 0.25) is 0 Å². The first-order valence-electron chi connectivity index (χ1n) is 13.5. The molecule has 10 heteroatoms. The molecule has 2 aliphatic carbocycles. The summed E-state index contributed by atoms with van der Waals surface area (Å²) in [5.74, 6) is 3.60. The number of hydrogen-bond acceptors (Lipinski definition) is 6. The van der Waals surface area contributed by atoms with Gasteiger partial charge in [0.25, 0.3) is 0 Å². The summed E-state index contributed by atoms with van der Waals surface area (Å²) in [7, 11) is -2.16. The van der Waals surface area contributed by atoms with Crippen LogP contribution < -0.4 is 4.90 Å². The highest BCUT2D eigenvalue weighted by Crippen LogP contribution is 2.69. The molecule has 1 saturated heterocycles. The zero-order chi connectivity index (χ0) is 28.4. The van der Waals surface area contributed by atoms with Gasteiger partial charge in [0, 0.05) is 31.6 Å². The third-order valence-electron chi connectivity index (χ3n) is 9.21. The van der Waals surface area contributed by atoms with Crippen molar-refractivity contribution < 1.29 is 17.8 Å². The van der Waals surface area contributed by atoms with Gasteiger partial charge in [0.05, 0.1) is 34.6 Å². The minimum Gasteiger partial charge on any atom is -0.346 e. The highest BCUT2D eigenvalue weighted by atomic mass is 32.2. The van der Waals surface area contributed by atoms with Crippen LogP contribution in [0.15, 0.2) is 42.5 Å². The second-order valence-electron chi connectivity index (χ2n) is 11.9. The van der Waals surface area contributed by atoms with E-state index in [-0.39, 0.29) is 35.0 Å². The fourth-order valence-electron chi connectivity index (χ4n) is 7.04. The van der Waals surface area contributed by atoms with Crippen LogP contribution in [0.1, 0.15) is 49.6 Å². The summed E-state index contributed by atoms with van der Waals surface area (Å²) >= 11 is 0. The van der Waals surface area contributed by atoms with Crippen LogP contribution in [-0.4, -0.2) is 74.3 Å². The Morgan fingerprint density at radius 3 is 2.52 bits per heavy atom. The van der Waals surface area contributed by atoms with Crippen LogP contribution in [0.5, 0.6) is 0 Å². The average Bonchev–Trinajstić information content (AvgIpc) is 3.28. The highest BCUT2D eigenvalue weighted by molar-refractivity contribution is 7.99. The summed E-state index contributed by atoms with van der Waals surface area (Å²) in [6.07, 6.45) is 3.35. The first-order valence-corrected chi connectivity index (χ1v) is 15.9. The van der Waals surface area contributed by atoms with Gasteiger partial charge in [0.2, 0.25) is 5.91 Å². The first-order chi connectivity index (χ1) is 18.9. The largest absolute Gasteiger partial charge is 0.346 e. The number of piperazine rings is 1. The molecule has 1 saturated carbocycles. The maximum atomic E-state index is 14.6. The molecule has 3 aromatic rings. The summed E-state index contributed by atoms with van der Waals surface area (Å²) in [4.78, 5) is 21.7. The Balaban J connectivity index is 1.33. The minimum atomic E-state index is -2.16.